The number of imidazole rings is 1. The van der Waals surface area contributed by atoms with E-state index in [1.165, 1.54) is 0 Å². The van der Waals surface area contributed by atoms with Crippen LogP contribution in [0.2, 0.25) is 0 Å². The molecule has 0 spiro atoms. The molecule has 7 heteroatoms. The molecule has 0 aromatic carbocycles. The molecule has 1 aromatic rings. The second kappa shape index (κ2) is 7.31. The van der Waals surface area contributed by atoms with Crippen molar-refractivity contribution in [1.82, 2.24) is 19.8 Å². The Morgan fingerprint density at radius 2 is 2.30 bits per heavy atom. The third-order valence-corrected chi connectivity index (χ3v) is 3.76. The smallest absolute Gasteiger partial charge is 0.410 e. The van der Waals surface area contributed by atoms with E-state index in [0.717, 1.165) is 5.82 Å². The second-order valence-electron chi connectivity index (χ2n) is 6.93. The zero-order valence-electron chi connectivity index (χ0n) is 14.7. The quantitative estimate of drug-likeness (QED) is 0.913. The summed E-state index contributed by atoms with van der Waals surface area (Å²) in [6, 6.07) is 0.0544. The molecule has 0 saturated carbocycles. The van der Waals surface area contributed by atoms with Crippen molar-refractivity contribution >= 4 is 6.09 Å². The standard InChI is InChI=1S/C16H28N4O3/c1-12(14-17-6-7-19(14)5)18-10-13-11-22-9-8-20(13)15(21)23-16(2,3)4/h6-7,12-13,18H,8-11H2,1-5H3. The van der Waals surface area contributed by atoms with Crippen molar-refractivity contribution in [3.8, 4) is 0 Å². The van der Waals surface area contributed by atoms with Gasteiger partial charge in [-0.1, -0.05) is 0 Å². The molecule has 2 heterocycles. The lowest BCUT2D eigenvalue weighted by atomic mass is 10.2. The predicted octanol–water partition coefficient (Wildman–Crippen LogP) is 1.71. The van der Waals surface area contributed by atoms with Gasteiger partial charge in [0.25, 0.3) is 0 Å². The van der Waals surface area contributed by atoms with Crippen LogP contribution in [0.5, 0.6) is 0 Å². The third-order valence-electron chi connectivity index (χ3n) is 3.76. The van der Waals surface area contributed by atoms with Crippen LogP contribution in [-0.2, 0) is 16.5 Å². The maximum absolute atomic E-state index is 12.4. The van der Waals surface area contributed by atoms with Crippen molar-refractivity contribution in [2.24, 2.45) is 7.05 Å². The van der Waals surface area contributed by atoms with Crippen molar-refractivity contribution in [3.05, 3.63) is 18.2 Å². The highest BCUT2D eigenvalue weighted by Crippen LogP contribution is 2.15. The molecule has 1 aromatic heterocycles. The maximum atomic E-state index is 12.4. The van der Waals surface area contributed by atoms with Gasteiger partial charge in [0.2, 0.25) is 0 Å². The number of aromatic nitrogens is 2. The number of hydrogen-bond acceptors (Lipinski definition) is 5. The summed E-state index contributed by atoms with van der Waals surface area (Å²) in [6.45, 7) is 9.94. The fourth-order valence-corrected chi connectivity index (χ4v) is 2.58. The van der Waals surface area contributed by atoms with Crippen molar-refractivity contribution < 1.29 is 14.3 Å². The SMILES string of the molecule is CC(NCC1COCCN1C(=O)OC(C)(C)C)c1nccn1C. The molecule has 7 nitrogen and oxygen atoms in total. The molecule has 1 amide bonds. The van der Waals surface area contributed by atoms with Crippen molar-refractivity contribution in [1.29, 1.82) is 0 Å². The van der Waals surface area contributed by atoms with Gasteiger partial charge in [-0.25, -0.2) is 9.78 Å². The summed E-state index contributed by atoms with van der Waals surface area (Å²) in [7, 11) is 1.97. The minimum absolute atomic E-state index is 0.0404. The zero-order valence-corrected chi connectivity index (χ0v) is 14.7. The molecular formula is C16H28N4O3. The van der Waals surface area contributed by atoms with Crippen LogP contribution in [0.3, 0.4) is 0 Å². The molecule has 1 saturated heterocycles. The van der Waals surface area contributed by atoms with E-state index < -0.39 is 5.60 Å². The van der Waals surface area contributed by atoms with Gasteiger partial charge in [-0.15, -0.1) is 0 Å². The molecule has 1 aliphatic rings. The van der Waals surface area contributed by atoms with Crippen LogP contribution in [0.4, 0.5) is 4.79 Å². The van der Waals surface area contributed by atoms with Crippen LogP contribution >= 0.6 is 0 Å². The Morgan fingerprint density at radius 3 is 2.91 bits per heavy atom. The minimum Gasteiger partial charge on any atom is -0.444 e. The van der Waals surface area contributed by atoms with Crippen LogP contribution < -0.4 is 5.32 Å². The number of carbonyl (C=O) groups is 1. The number of aryl methyl sites for hydroxylation is 1. The highest BCUT2D eigenvalue weighted by Gasteiger charge is 2.31. The van der Waals surface area contributed by atoms with Gasteiger partial charge in [-0.3, -0.25) is 4.90 Å². The topological polar surface area (TPSA) is 68.6 Å². The number of hydrogen-bond donors (Lipinski definition) is 1. The van der Waals surface area contributed by atoms with Gasteiger partial charge in [0.1, 0.15) is 11.4 Å². The zero-order chi connectivity index (χ0) is 17.0. The van der Waals surface area contributed by atoms with Gasteiger partial charge in [0, 0.05) is 32.5 Å². The van der Waals surface area contributed by atoms with E-state index in [-0.39, 0.29) is 18.2 Å². The average molecular weight is 324 g/mol. The number of morpholine rings is 1. The Balaban J connectivity index is 1.93. The molecule has 130 valence electrons. The van der Waals surface area contributed by atoms with E-state index in [2.05, 4.69) is 17.2 Å². The molecule has 1 fully saturated rings. The van der Waals surface area contributed by atoms with Gasteiger partial charge in [0.15, 0.2) is 0 Å². The lowest BCUT2D eigenvalue weighted by Crippen LogP contribution is -2.54. The van der Waals surface area contributed by atoms with Crippen molar-refractivity contribution in [3.63, 3.8) is 0 Å². The lowest BCUT2D eigenvalue weighted by molar-refractivity contribution is -0.0321. The van der Waals surface area contributed by atoms with Crippen LogP contribution in [0.15, 0.2) is 12.4 Å². The summed E-state index contributed by atoms with van der Waals surface area (Å²) in [4.78, 5) is 18.5. The number of nitrogens with one attached hydrogen (secondary N) is 1. The molecule has 0 radical (unpaired) electrons. The van der Waals surface area contributed by atoms with E-state index in [1.807, 2.05) is 38.6 Å². The second-order valence-corrected chi connectivity index (χ2v) is 6.93. The van der Waals surface area contributed by atoms with Gasteiger partial charge < -0.3 is 19.4 Å². The van der Waals surface area contributed by atoms with Gasteiger partial charge in [-0.2, -0.15) is 0 Å². The van der Waals surface area contributed by atoms with E-state index in [9.17, 15) is 4.79 Å². The predicted molar refractivity (Wildman–Crippen MR) is 87.2 cm³/mol. The summed E-state index contributed by atoms with van der Waals surface area (Å²) in [6.07, 6.45) is 3.42. The molecule has 0 bridgehead atoms. The van der Waals surface area contributed by atoms with Gasteiger partial charge in [0.05, 0.1) is 25.3 Å². The number of carbonyl (C=O) groups excluding carboxylic acids is 1. The minimum atomic E-state index is -0.492. The monoisotopic (exact) mass is 324 g/mol. The highest BCUT2D eigenvalue weighted by atomic mass is 16.6. The number of amides is 1. The van der Waals surface area contributed by atoms with Crippen LogP contribution in [0, 0.1) is 0 Å². The number of nitrogens with zero attached hydrogens (tertiary/aromatic N) is 3. The molecule has 0 aliphatic carbocycles. The van der Waals surface area contributed by atoms with E-state index in [1.54, 1.807) is 11.1 Å². The summed E-state index contributed by atoms with van der Waals surface area (Å²) in [5, 5.41) is 3.43. The first kappa shape index (κ1) is 17.7. The first-order valence-corrected chi connectivity index (χ1v) is 8.06. The molecule has 2 unspecified atom stereocenters. The Labute approximate surface area is 138 Å². The molecule has 23 heavy (non-hydrogen) atoms. The van der Waals surface area contributed by atoms with Gasteiger partial charge in [-0.05, 0) is 27.7 Å². The first-order valence-electron chi connectivity index (χ1n) is 8.06. The van der Waals surface area contributed by atoms with Crippen LogP contribution in [0.1, 0.15) is 39.6 Å². The number of ether oxygens (including phenoxy) is 2. The largest absolute Gasteiger partial charge is 0.444 e. The molecule has 1 N–H and O–H groups in total. The van der Waals surface area contributed by atoms with Crippen LogP contribution in [-0.4, -0.2) is 58.5 Å². The van der Waals surface area contributed by atoms with Gasteiger partial charge >= 0.3 is 6.09 Å². The fourth-order valence-electron chi connectivity index (χ4n) is 2.58. The molecule has 2 atom stereocenters. The van der Waals surface area contributed by atoms with E-state index >= 15 is 0 Å². The Kier molecular flexibility index (Phi) is 5.64. The van der Waals surface area contributed by atoms with Crippen LogP contribution in [0.25, 0.3) is 0 Å². The fraction of sp³-hybridized carbons (Fsp3) is 0.750. The summed E-state index contributed by atoms with van der Waals surface area (Å²) in [5.41, 5.74) is -0.492. The Morgan fingerprint density at radius 1 is 1.57 bits per heavy atom. The summed E-state index contributed by atoms with van der Waals surface area (Å²) < 4.78 is 13.0. The Hall–Kier alpha value is -1.60. The first-order chi connectivity index (χ1) is 10.8. The van der Waals surface area contributed by atoms with E-state index in [0.29, 0.717) is 26.3 Å². The Bertz CT molecular complexity index is 524. The highest BCUT2D eigenvalue weighted by molar-refractivity contribution is 5.68. The number of rotatable bonds is 4. The van der Waals surface area contributed by atoms with Crippen molar-refractivity contribution in [2.45, 2.75) is 45.4 Å². The normalized spacial score (nSPS) is 20.4. The summed E-state index contributed by atoms with van der Waals surface area (Å²) >= 11 is 0. The van der Waals surface area contributed by atoms with E-state index in [4.69, 9.17) is 9.47 Å². The van der Waals surface area contributed by atoms with Crippen molar-refractivity contribution in [2.75, 3.05) is 26.3 Å². The lowest BCUT2D eigenvalue weighted by Gasteiger charge is -2.37. The maximum Gasteiger partial charge on any atom is 0.410 e. The average Bonchev–Trinajstić information content (AvgIpc) is 2.89. The molecule has 2 rings (SSSR count). The molecule has 1 aliphatic heterocycles. The molecular weight excluding hydrogens is 296 g/mol. The third kappa shape index (κ3) is 4.94. The summed E-state index contributed by atoms with van der Waals surface area (Å²) in [5.74, 6) is 0.963.